The Bertz CT molecular complexity index is 1030. The number of hydrogen-bond acceptors (Lipinski definition) is 8. The van der Waals surface area contributed by atoms with Crippen molar-refractivity contribution < 1.29 is 19.4 Å². The molecule has 3 aromatic rings. The molecule has 2 aromatic heterocycles. The first kappa shape index (κ1) is 19.0. The van der Waals surface area contributed by atoms with E-state index in [-0.39, 0.29) is 18.4 Å². The molecule has 0 radical (unpaired) electrons. The third-order valence-corrected chi connectivity index (χ3v) is 5.03. The predicted octanol–water partition coefficient (Wildman–Crippen LogP) is 2.81. The molecule has 0 saturated carbocycles. The van der Waals surface area contributed by atoms with E-state index in [0.29, 0.717) is 24.4 Å². The molecular weight excluding hydrogens is 374 g/mol. The lowest BCUT2D eigenvalue weighted by atomic mass is 10.0. The second-order valence-corrected chi connectivity index (χ2v) is 6.88. The van der Waals surface area contributed by atoms with Crippen molar-refractivity contribution >= 4 is 23.0 Å². The molecule has 4 rings (SSSR count). The van der Waals surface area contributed by atoms with Crippen molar-refractivity contribution in [1.82, 2.24) is 19.9 Å². The molecule has 1 aromatic carbocycles. The number of nitrogens with zero attached hydrogens (tertiary/aromatic N) is 3. The third-order valence-electron chi connectivity index (χ3n) is 5.03. The summed E-state index contributed by atoms with van der Waals surface area (Å²) in [6.07, 6.45) is 3.67. The zero-order valence-electron chi connectivity index (χ0n) is 16.0. The molecule has 29 heavy (non-hydrogen) atoms. The number of aromatic hydroxyl groups is 1. The Labute approximate surface area is 167 Å². The van der Waals surface area contributed by atoms with Crippen LogP contribution in [0.4, 0.5) is 10.6 Å². The number of nitrogens with two attached hydrogens (primary N) is 1. The number of nitrogen functional groups attached to an aromatic ring is 1. The average Bonchev–Trinajstić information content (AvgIpc) is 3.09. The van der Waals surface area contributed by atoms with E-state index in [4.69, 9.17) is 15.2 Å². The summed E-state index contributed by atoms with van der Waals surface area (Å²) < 4.78 is 12.3. The van der Waals surface area contributed by atoms with Crippen molar-refractivity contribution in [2.24, 2.45) is 0 Å². The fourth-order valence-electron chi connectivity index (χ4n) is 3.75. The van der Waals surface area contributed by atoms with Crippen LogP contribution in [0, 0.1) is 0 Å². The van der Waals surface area contributed by atoms with E-state index in [1.807, 2.05) is 12.3 Å². The van der Waals surface area contributed by atoms with Gasteiger partial charge >= 0.3 is 6.16 Å². The van der Waals surface area contributed by atoms with Gasteiger partial charge in [-0.05, 0) is 31.0 Å². The summed E-state index contributed by atoms with van der Waals surface area (Å²) in [5.41, 5.74) is 8.55. The molecule has 0 aliphatic carbocycles. The van der Waals surface area contributed by atoms with E-state index >= 15 is 0 Å². The Morgan fingerprint density at radius 1 is 1.41 bits per heavy atom. The quantitative estimate of drug-likeness (QED) is 0.574. The summed E-state index contributed by atoms with van der Waals surface area (Å²) in [6, 6.07) is 7.02. The third kappa shape index (κ3) is 3.81. The number of rotatable bonds is 4. The van der Waals surface area contributed by atoms with E-state index in [2.05, 4.69) is 19.9 Å². The number of aromatic nitrogens is 3. The van der Waals surface area contributed by atoms with Gasteiger partial charge in [-0.1, -0.05) is 12.1 Å². The molecule has 0 amide bonds. The maximum Gasteiger partial charge on any atom is 0.509 e. The van der Waals surface area contributed by atoms with Gasteiger partial charge in [0.1, 0.15) is 23.5 Å². The molecule has 1 aliphatic rings. The Morgan fingerprint density at radius 2 is 2.28 bits per heavy atom. The highest BCUT2D eigenvalue weighted by molar-refractivity contribution is 6.00. The first-order chi connectivity index (χ1) is 14.1. The molecule has 2 atom stereocenters. The number of benzene rings is 1. The summed E-state index contributed by atoms with van der Waals surface area (Å²) >= 11 is 0. The smallest absolute Gasteiger partial charge is 0.508 e. The molecule has 9 heteroatoms. The molecular formula is C20H23N5O4. The normalized spacial score (nSPS) is 19.2. The number of nitrogens with one attached hydrogen (secondary N) is 1. The van der Waals surface area contributed by atoms with Gasteiger partial charge in [0.25, 0.3) is 0 Å². The minimum absolute atomic E-state index is 0.0403. The number of phenolic OH excluding ortho intramolecular Hbond substituents is 1. The SMILES string of the molecule is CCOC(=O)OC1CC(n2cc(-c3cccc(O)c3)c3c(N)ncnc32)CCN1. The van der Waals surface area contributed by atoms with Crippen LogP contribution < -0.4 is 11.1 Å². The van der Waals surface area contributed by atoms with Crippen LogP contribution in [0.2, 0.25) is 0 Å². The van der Waals surface area contributed by atoms with Gasteiger partial charge in [-0.25, -0.2) is 14.8 Å². The van der Waals surface area contributed by atoms with E-state index < -0.39 is 12.4 Å². The van der Waals surface area contributed by atoms with Crippen LogP contribution in [0.3, 0.4) is 0 Å². The summed E-state index contributed by atoms with van der Waals surface area (Å²) in [5, 5.41) is 13.8. The molecule has 1 aliphatic heterocycles. The van der Waals surface area contributed by atoms with Crippen molar-refractivity contribution in [3.8, 4) is 16.9 Å². The highest BCUT2D eigenvalue weighted by atomic mass is 16.7. The molecule has 1 saturated heterocycles. The number of hydrogen-bond donors (Lipinski definition) is 3. The van der Waals surface area contributed by atoms with Crippen molar-refractivity contribution in [3.05, 3.63) is 36.8 Å². The number of fused-ring (bicyclic) bond motifs is 1. The van der Waals surface area contributed by atoms with Gasteiger partial charge < -0.3 is 24.9 Å². The van der Waals surface area contributed by atoms with Crippen molar-refractivity contribution in [3.63, 3.8) is 0 Å². The van der Waals surface area contributed by atoms with Crippen LogP contribution in [0.25, 0.3) is 22.2 Å². The van der Waals surface area contributed by atoms with Gasteiger partial charge in [-0.3, -0.25) is 5.32 Å². The Kier molecular flexibility index (Phi) is 5.22. The zero-order chi connectivity index (χ0) is 20.4. The first-order valence-electron chi connectivity index (χ1n) is 9.54. The van der Waals surface area contributed by atoms with Crippen LogP contribution in [0.5, 0.6) is 5.75 Å². The van der Waals surface area contributed by atoms with Gasteiger partial charge in [0, 0.05) is 30.8 Å². The summed E-state index contributed by atoms with van der Waals surface area (Å²) in [4.78, 5) is 20.3. The van der Waals surface area contributed by atoms with Gasteiger partial charge in [0.2, 0.25) is 0 Å². The zero-order valence-corrected chi connectivity index (χ0v) is 16.0. The second-order valence-electron chi connectivity index (χ2n) is 6.88. The molecule has 4 N–H and O–H groups in total. The largest absolute Gasteiger partial charge is 0.509 e. The minimum Gasteiger partial charge on any atom is -0.508 e. The maximum absolute atomic E-state index is 11.7. The van der Waals surface area contributed by atoms with Gasteiger partial charge in [-0.2, -0.15) is 0 Å². The standard InChI is InChI=1S/C20H23N5O4/c1-2-28-20(27)29-16-9-13(6-7-22-16)25-10-15(12-4-3-5-14(26)8-12)17-18(21)23-11-24-19(17)25/h3-5,8,10-11,13,16,22,26H,2,6-7,9H2,1H3,(H2,21,23,24). The molecule has 9 nitrogen and oxygen atoms in total. The summed E-state index contributed by atoms with van der Waals surface area (Å²) in [7, 11) is 0. The molecule has 3 heterocycles. The predicted molar refractivity (Wildman–Crippen MR) is 107 cm³/mol. The van der Waals surface area contributed by atoms with Gasteiger partial charge in [0.15, 0.2) is 6.23 Å². The van der Waals surface area contributed by atoms with Crippen LogP contribution >= 0.6 is 0 Å². The number of carbonyl (C=O) groups excluding carboxylic acids is 1. The maximum atomic E-state index is 11.7. The second kappa shape index (κ2) is 7.96. The lowest BCUT2D eigenvalue weighted by molar-refractivity contribution is -0.00300. The average molecular weight is 397 g/mol. The fourth-order valence-corrected chi connectivity index (χ4v) is 3.75. The lowest BCUT2D eigenvalue weighted by Gasteiger charge is -2.30. The van der Waals surface area contributed by atoms with Gasteiger partial charge in [-0.15, -0.1) is 0 Å². The Morgan fingerprint density at radius 3 is 3.07 bits per heavy atom. The fraction of sp³-hybridized carbons (Fsp3) is 0.350. The van der Waals surface area contributed by atoms with Crippen molar-refractivity contribution in [1.29, 1.82) is 0 Å². The molecule has 152 valence electrons. The number of carbonyl (C=O) groups is 1. The van der Waals surface area contributed by atoms with E-state index in [1.54, 1.807) is 25.1 Å². The van der Waals surface area contributed by atoms with E-state index in [1.165, 1.54) is 6.33 Å². The van der Waals surface area contributed by atoms with E-state index in [9.17, 15) is 9.90 Å². The molecule has 0 bridgehead atoms. The molecule has 2 unspecified atom stereocenters. The number of piperidine rings is 1. The summed E-state index contributed by atoms with van der Waals surface area (Å²) in [5.74, 6) is 0.545. The highest BCUT2D eigenvalue weighted by Crippen LogP contribution is 2.37. The van der Waals surface area contributed by atoms with E-state index in [0.717, 1.165) is 22.9 Å². The Hall–Kier alpha value is -3.33. The van der Waals surface area contributed by atoms with Crippen LogP contribution in [0.15, 0.2) is 36.8 Å². The Balaban J connectivity index is 1.71. The monoisotopic (exact) mass is 397 g/mol. The van der Waals surface area contributed by atoms with Crippen molar-refractivity contribution in [2.75, 3.05) is 18.9 Å². The molecule has 0 spiro atoms. The van der Waals surface area contributed by atoms with Crippen LogP contribution in [-0.4, -0.2) is 45.2 Å². The number of anilines is 1. The topological polar surface area (TPSA) is 125 Å². The lowest BCUT2D eigenvalue weighted by Crippen LogP contribution is -2.41. The molecule has 1 fully saturated rings. The van der Waals surface area contributed by atoms with Crippen molar-refractivity contribution in [2.45, 2.75) is 32.0 Å². The number of phenols is 1. The summed E-state index contributed by atoms with van der Waals surface area (Å²) in [6.45, 7) is 2.68. The highest BCUT2D eigenvalue weighted by Gasteiger charge is 2.28. The first-order valence-corrected chi connectivity index (χ1v) is 9.54. The minimum atomic E-state index is -0.685. The number of ether oxygens (including phenoxy) is 2. The van der Waals surface area contributed by atoms with Crippen LogP contribution in [0.1, 0.15) is 25.8 Å². The van der Waals surface area contributed by atoms with Gasteiger partial charge in [0.05, 0.1) is 12.0 Å². The van der Waals surface area contributed by atoms with Crippen LogP contribution in [-0.2, 0) is 9.47 Å².